The van der Waals surface area contributed by atoms with Crippen LogP contribution in [-0.2, 0) is 0 Å². The van der Waals surface area contributed by atoms with Crippen LogP contribution in [0.3, 0.4) is 0 Å². The van der Waals surface area contributed by atoms with Crippen LogP contribution in [0.15, 0.2) is 30.9 Å². The van der Waals surface area contributed by atoms with Gasteiger partial charge in [0, 0.05) is 19.3 Å². The lowest BCUT2D eigenvalue weighted by Crippen LogP contribution is -2.27. The smallest absolute Gasteiger partial charge is 0.255 e. The minimum atomic E-state index is 0.133. The van der Waals surface area contributed by atoms with Crippen LogP contribution in [0.4, 0.5) is 0 Å². The van der Waals surface area contributed by atoms with Gasteiger partial charge >= 0.3 is 0 Å². The summed E-state index contributed by atoms with van der Waals surface area (Å²) in [6.45, 7) is 1.78. The van der Waals surface area contributed by atoms with E-state index in [1.807, 2.05) is 27.6 Å². The van der Waals surface area contributed by atoms with Crippen molar-refractivity contribution < 1.29 is 4.79 Å². The van der Waals surface area contributed by atoms with Crippen molar-refractivity contribution in [2.24, 2.45) is 0 Å². The van der Waals surface area contributed by atoms with Crippen LogP contribution in [-0.4, -0.2) is 33.3 Å². The Kier molecular flexibility index (Phi) is 2.13. The molecule has 3 heterocycles. The third kappa shape index (κ3) is 1.46. The second-order valence-electron chi connectivity index (χ2n) is 4.14. The van der Waals surface area contributed by atoms with Crippen LogP contribution < -0.4 is 0 Å². The van der Waals surface area contributed by atoms with E-state index in [2.05, 4.69) is 4.98 Å². The number of fused-ring (bicyclic) bond motifs is 1. The zero-order valence-corrected chi connectivity index (χ0v) is 8.97. The Bertz CT molecular complexity index is 526. The van der Waals surface area contributed by atoms with Crippen molar-refractivity contribution in [1.29, 1.82) is 0 Å². The highest BCUT2D eigenvalue weighted by Gasteiger charge is 2.19. The zero-order valence-electron chi connectivity index (χ0n) is 8.97. The normalized spacial score (nSPS) is 15.9. The molecular formula is C12H13N3O. The molecule has 2 aromatic rings. The lowest BCUT2D eigenvalue weighted by Gasteiger charge is -2.15. The Labute approximate surface area is 93.5 Å². The van der Waals surface area contributed by atoms with Gasteiger partial charge < -0.3 is 9.30 Å². The molecule has 1 aliphatic heterocycles. The van der Waals surface area contributed by atoms with Crippen LogP contribution in [0, 0.1) is 0 Å². The molecule has 0 aromatic carbocycles. The first kappa shape index (κ1) is 9.39. The number of likely N-dealkylation sites (tertiary alicyclic amines) is 1. The van der Waals surface area contributed by atoms with E-state index in [0.29, 0.717) is 0 Å². The highest BCUT2D eigenvalue weighted by atomic mass is 16.2. The fourth-order valence-electron chi connectivity index (χ4n) is 2.15. The zero-order chi connectivity index (χ0) is 11.0. The standard InChI is InChI=1S/C12H13N3O/c16-12(14-5-1-2-6-14)10-3-4-11-7-13-9-15(11)8-10/h3-4,7-9H,1-2,5-6H2. The molecule has 0 aliphatic carbocycles. The van der Waals surface area contributed by atoms with E-state index in [1.54, 1.807) is 12.5 Å². The molecule has 1 amide bonds. The van der Waals surface area contributed by atoms with Crippen molar-refractivity contribution in [3.05, 3.63) is 36.4 Å². The number of hydrogen-bond donors (Lipinski definition) is 0. The Morgan fingerprint density at radius 1 is 1.25 bits per heavy atom. The summed E-state index contributed by atoms with van der Waals surface area (Å²) in [4.78, 5) is 18.1. The molecule has 2 aromatic heterocycles. The summed E-state index contributed by atoms with van der Waals surface area (Å²) in [6, 6.07) is 3.80. The number of nitrogens with zero attached hydrogens (tertiary/aromatic N) is 3. The van der Waals surface area contributed by atoms with E-state index in [1.165, 1.54) is 0 Å². The minimum Gasteiger partial charge on any atom is -0.339 e. The van der Waals surface area contributed by atoms with Gasteiger partial charge in [-0.15, -0.1) is 0 Å². The van der Waals surface area contributed by atoms with Gasteiger partial charge in [0.1, 0.15) is 0 Å². The monoisotopic (exact) mass is 215 g/mol. The number of imidazole rings is 1. The summed E-state index contributed by atoms with van der Waals surface area (Å²) in [5, 5.41) is 0. The van der Waals surface area contributed by atoms with Crippen LogP contribution in [0.25, 0.3) is 5.52 Å². The maximum atomic E-state index is 12.1. The predicted octanol–water partition coefficient (Wildman–Crippen LogP) is 1.57. The number of aromatic nitrogens is 2. The summed E-state index contributed by atoms with van der Waals surface area (Å²) < 4.78 is 1.88. The number of rotatable bonds is 1. The van der Waals surface area contributed by atoms with Gasteiger partial charge in [-0.25, -0.2) is 4.98 Å². The third-order valence-electron chi connectivity index (χ3n) is 3.05. The average Bonchev–Trinajstić information content (AvgIpc) is 2.98. The van der Waals surface area contributed by atoms with E-state index >= 15 is 0 Å². The fourth-order valence-corrected chi connectivity index (χ4v) is 2.15. The van der Waals surface area contributed by atoms with E-state index in [0.717, 1.165) is 37.0 Å². The lowest BCUT2D eigenvalue weighted by atomic mass is 10.2. The van der Waals surface area contributed by atoms with E-state index < -0.39 is 0 Å². The Hall–Kier alpha value is -1.84. The van der Waals surface area contributed by atoms with Crippen molar-refractivity contribution >= 4 is 11.4 Å². The average molecular weight is 215 g/mol. The second-order valence-corrected chi connectivity index (χ2v) is 4.14. The number of pyridine rings is 1. The number of amides is 1. The number of carbonyl (C=O) groups is 1. The molecule has 1 aliphatic rings. The van der Waals surface area contributed by atoms with Crippen molar-refractivity contribution in [2.45, 2.75) is 12.8 Å². The van der Waals surface area contributed by atoms with E-state index in [-0.39, 0.29) is 5.91 Å². The molecule has 0 N–H and O–H groups in total. The second kappa shape index (κ2) is 3.63. The largest absolute Gasteiger partial charge is 0.339 e. The molecule has 0 unspecified atom stereocenters. The highest BCUT2D eigenvalue weighted by molar-refractivity contribution is 5.94. The van der Waals surface area contributed by atoms with Gasteiger partial charge in [-0.2, -0.15) is 0 Å². The van der Waals surface area contributed by atoms with Gasteiger partial charge in [-0.05, 0) is 25.0 Å². The molecule has 0 spiro atoms. The maximum absolute atomic E-state index is 12.1. The van der Waals surface area contributed by atoms with Crippen molar-refractivity contribution in [3.8, 4) is 0 Å². The molecule has 0 radical (unpaired) electrons. The van der Waals surface area contributed by atoms with Crippen LogP contribution in [0.1, 0.15) is 23.2 Å². The summed E-state index contributed by atoms with van der Waals surface area (Å²) in [6.07, 6.45) is 7.60. The summed E-state index contributed by atoms with van der Waals surface area (Å²) in [5.41, 5.74) is 1.75. The summed E-state index contributed by atoms with van der Waals surface area (Å²) >= 11 is 0. The van der Waals surface area contributed by atoms with Crippen molar-refractivity contribution in [1.82, 2.24) is 14.3 Å². The topological polar surface area (TPSA) is 37.6 Å². The van der Waals surface area contributed by atoms with Gasteiger partial charge in [0.25, 0.3) is 5.91 Å². The molecule has 82 valence electrons. The summed E-state index contributed by atoms with van der Waals surface area (Å²) in [7, 11) is 0. The molecule has 3 rings (SSSR count). The van der Waals surface area contributed by atoms with Crippen LogP contribution in [0.5, 0.6) is 0 Å². The Balaban J connectivity index is 1.95. The van der Waals surface area contributed by atoms with Crippen LogP contribution >= 0.6 is 0 Å². The Morgan fingerprint density at radius 2 is 2.06 bits per heavy atom. The minimum absolute atomic E-state index is 0.133. The van der Waals surface area contributed by atoms with Gasteiger partial charge in [0.15, 0.2) is 0 Å². The summed E-state index contributed by atoms with van der Waals surface area (Å²) in [5.74, 6) is 0.133. The molecule has 4 heteroatoms. The highest BCUT2D eigenvalue weighted by Crippen LogP contribution is 2.13. The molecule has 0 atom stereocenters. The first-order valence-corrected chi connectivity index (χ1v) is 5.55. The van der Waals surface area contributed by atoms with E-state index in [9.17, 15) is 4.79 Å². The Morgan fingerprint density at radius 3 is 2.88 bits per heavy atom. The van der Waals surface area contributed by atoms with E-state index in [4.69, 9.17) is 0 Å². The third-order valence-corrected chi connectivity index (χ3v) is 3.05. The van der Waals surface area contributed by atoms with Gasteiger partial charge in [0.05, 0.1) is 23.6 Å². The number of carbonyl (C=O) groups excluding carboxylic acids is 1. The van der Waals surface area contributed by atoms with Crippen LogP contribution in [0.2, 0.25) is 0 Å². The first-order valence-electron chi connectivity index (χ1n) is 5.55. The SMILES string of the molecule is O=C(c1ccc2cncn2c1)N1CCCC1. The molecule has 4 nitrogen and oxygen atoms in total. The fraction of sp³-hybridized carbons (Fsp3) is 0.333. The first-order chi connectivity index (χ1) is 7.84. The maximum Gasteiger partial charge on any atom is 0.255 e. The molecule has 1 fully saturated rings. The molecule has 0 saturated carbocycles. The van der Waals surface area contributed by atoms with Crippen molar-refractivity contribution in [2.75, 3.05) is 13.1 Å². The van der Waals surface area contributed by atoms with Gasteiger partial charge in [-0.3, -0.25) is 4.79 Å². The van der Waals surface area contributed by atoms with Crippen molar-refractivity contribution in [3.63, 3.8) is 0 Å². The molecule has 16 heavy (non-hydrogen) atoms. The molecular weight excluding hydrogens is 202 g/mol. The van der Waals surface area contributed by atoms with Gasteiger partial charge in [0.2, 0.25) is 0 Å². The van der Waals surface area contributed by atoms with Gasteiger partial charge in [-0.1, -0.05) is 0 Å². The molecule has 0 bridgehead atoms. The molecule has 1 saturated heterocycles. The predicted molar refractivity (Wildman–Crippen MR) is 60.3 cm³/mol. The number of hydrogen-bond acceptors (Lipinski definition) is 2. The quantitative estimate of drug-likeness (QED) is 0.724. The lowest BCUT2D eigenvalue weighted by molar-refractivity contribution is 0.0792.